The van der Waals surface area contributed by atoms with Gasteiger partial charge in [-0.05, 0) is 30.5 Å². The molecule has 0 radical (unpaired) electrons. The third-order valence-electron chi connectivity index (χ3n) is 4.12. The van der Waals surface area contributed by atoms with Gasteiger partial charge in [0, 0.05) is 5.69 Å². The molecule has 1 aliphatic carbocycles. The Hall–Kier alpha value is -2.35. The lowest BCUT2D eigenvalue weighted by atomic mass is 9.74. The molecule has 0 aromatic heterocycles. The van der Waals surface area contributed by atoms with Crippen LogP contribution in [0.2, 0.25) is 0 Å². The van der Waals surface area contributed by atoms with Crippen LogP contribution in [0.5, 0.6) is 0 Å². The van der Waals surface area contributed by atoms with Crippen molar-refractivity contribution in [2.45, 2.75) is 38.5 Å². The lowest BCUT2D eigenvalue weighted by Gasteiger charge is -2.29. The molecule has 116 valence electrons. The summed E-state index contributed by atoms with van der Waals surface area (Å²) in [6, 6.07) is 9.27. The molecule has 1 fully saturated rings. The highest BCUT2D eigenvalue weighted by Crippen LogP contribution is 2.36. The van der Waals surface area contributed by atoms with Crippen LogP contribution in [0.15, 0.2) is 24.3 Å². The highest BCUT2D eigenvalue weighted by molar-refractivity contribution is 5.97. The lowest BCUT2D eigenvalue weighted by molar-refractivity contribution is -0.139. The molecule has 0 saturated heterocycles. The van der Waals surface area contributed by atoms with Crippen molar-refractivity contribution in [2.75, 3.05) is 12.4 Å². The number of hydrogen-bond acceptors (Lipinski definition) is 4. The van der Waals surface area contributed by atoms with Gasteiger partial charge < -0.3 is 10.1 Å². The van der Waals surface area contributed by atoms with Crippen LogP contribution >= 0.6 is 0 Å². The number of methoxy groups -OCH3 is 1. The molecule has 0 unspecified atom stereocenters. The molecule has 1 N–H and O–H groups in total. The summed E-state index contributed by atoms with van der Waals surface area (Å²) in [6.45, 7) is 0. The van der Waals surface area contributed by atoms with Gasteiger partial charge in [-0.1, -0.05) is 31.4 Å². The largest absolute Gasteiger partial charge is 0.469 e. The van der Waals surface area contributed by atoms with E-state index in [0.29, 0.717) is 18.5 Å². The van der Waals surface area contributed by atoms with Gasteiger partial charge in [0.25, 0.3) is 0 Å². The van der Waals surface area contributed by atoms with E-state index < -0.39 is 5.41 Å². The molecular formula is C17H20N2O3. The standard InChI is InChI=1S/C17H20N2O3/c1-22-15(20)11-13-6-5-7-14(10-13)19-16(21)17(12-18)8-3-2-4-9-17/h5-7,10H,2-4,8-9,11H2,1H3,(H,19,21). The normalized spacial score (nSPS) is 16.4. The Morgan fingerprint density at radius 2 is 2.05 bits per heavy atom. The van der Waals surface area contributed by atoms with Gasteiger partial charge in [-0.3, -0.25) is 9.59 Å². The van der Waals surface area contributed by atoms with E-state index in [1.54, 1.807) is 24.3 Å². The van der Waals surface area contributed by atoms with Gasteiger partial charge in [0.2, 0.25) is 5.91 Å². The number of rotatable bonds is 4. The van der Waals surface area contributed by atoms with Crippen molar-refractivity contribution in [1.82, 2.24) is 0 Å². The zero-order valence-electron chi connectivity index (χ0n) is 12.7. The van der Waals surface area contributed by atoms with Gasteiger partial charge in [0.15, 0.2) is 0 Å². The fourth-order valence-corrected chi connectivity index (χ4v) is 2.79. The molecule has 0 spiro atoms. The summed E-state index contributed by atoms with van der Waals surface area (Å²) in [5, 5.41) is 12.2. The van der Waals surface area contributed by atoms with Crippen molar-refractivity contribution < 1.29 is 14.3 Å². The van der Waals surface area contributed by atoms with Crippen LogP contribution in [-0.4, -0.2) is 19.0 Å². The van der Waals surface area contributed by atoms with Crippen LogP contribution in [0.4, 0.5) is 5.69 Å². The number of esters is 1. The molecule has 2 rings (SSSR count). The lowest BCUT2D eigenvalue weighted by Crippen LogP contribution is -2.36. The summed E-state index contributed by atoms with van der Waals surface area (Å²) in [5.74, 6) is -0.575. The molecule has 22 heavy (non-hydrogen) atoms. The van der Waals surface area contributed by atoms with E-state index in [1.165, 1.54) is 7.11 Å². The molecule has 1 aliphatic rings. The number of nitriles is 1. The number of benzene rings is 1. The highest BCUT2D eigenvalue weighted by atomic mass is 16.5. The van der Waals surface area contributed by atoms with Crippen LogP contribution in [0.25, 0.3) is 0 Å². The van der Waals surface area contributed by atoms with E-state index in [9.17, 15) is 14.9 Å². The predicted octanol–water partition coefficient (Wildman–Crippen LogP) is 2.81. The van der Waals surface area contributed by atoms with Gasteiger partial charge in [-0.2, -0.15) is 5.26 Å². The minimum absolute atomic E-state index is 0.156. The molecule has 1 aromatic carbocycles. The summed E-state index contributed by atoms with van der Waals surface area (Å²) in [6.07, 6.45) is 4.26. The second kappa shape index (κ2) is 7.08. The molecular weight excluding hydrogens is 280 g/mol. The third-order valence-corrected chi connectivity index (χ3v) is 4.12. The molecule has 0 aliphatic heterocycles. The van der Waals surface area contributed by atoms with E-state index in [4.69, 9.17) is 0 Å². The molecule has 0 bridgehead atoms. The maximum absolute atomic E-state index is 12.5. The monoisotopic (exact) mass is 300 g/mol. The molecule has 1 amide bonds. The Balaban J connectivity index is 2.09. The quantitative estimate of drug-likeness (QED) is 0.867. The van der Waals surface area contributed by atoms with Gasteiger partial charge >= 0.3 is 5.97 Å². The zero-order chi connectivity index (χ0) is 16.0. The topological polar surface area (TPSA) is 79.2 Å². The molecule has 5 nitrogen and oxygen atoms in total. The first-order valence-electron chi connectivity index (χ1n) is 7.48. The first-order chi connectivity index (χ1) is 10.6. The summed E-state index contributed by atoms with van der Waals surface area (Å²) >= 11 is 0. The maximum Gasteiger partial charge on any atom is 0.309 e. The number of hydrogen-bond donors (Lipinski definition) is 1. The smallest absolute Gasteiger partial charge is 0.309 e. The summed E-state index contributed by atoms with van der Waals surface area (Å²) in [7, 11) is 1.34. The van der Waals surface area contributed by atoms with Crippen LogP contribution < -0.4 is 5.32 Å². The number of carbonyl (C=O) groups excluding carboxylic acids is 2. The van der Waals surface area contributed by atoms with E-state index in [1.807, 2.05) is 0 Å². The predicted molar refractivity (Wildman–Crippen MR) is 81.9 cm³/mol. The molecule has 1 aromatic rings. The number of carbonyl (C=O) groups is 2. The third kappa shape index (κ3) is 3.64. The van der Waals surface area contributed by atoms with Crippen molar-refractivity contribution in [2.24, 2.45) is 5.41 Å². The van der Waals surface area contributed by atoms with E-state index in [2.05, 4.69) is 16.1 Å². The van der Waals surface area contributed by atoms with Crippen LogP contribution in [-0.2, 0) is 20.7 Å². The minimum atomic E-state index is -0.920. The Labute approximate surface area is 130 Å². The molecule has 1 saturated carbocycles. The summed E-state index contributed by atoms with van der Waals surface area (Å²) in [4.78, 5) is 23.8. The Morgan fingerprint density at radius 3 is 2.68 bits per heavy atom. The summed E-state index contributed by atoms with van der Waals surface area (Å²) in [5.41, 5.74) is 0.447. The van der Waals surface area contributed by atoms with Crippen molar-refractivity contribution >= 4 is 17.6 Å². The molecule has 0 heterocycles. The first-order valence-corrected chi connectivity index (χ1v) is 7.48. The SMILES string of the molecule is COC(=O)Cc1cccc(NC(=O)C2(C#N)CCCCC2)c1. The Bertz CT molecular complexity index is 598. The summed E-state index contributed by atoms with van der Waals surface area (Å²) < 4.78 is 4.63. The van der Waals surface area contributed by atoms with Gasteiger partial charge in [-0.25, -0.2) is 0 Å². The van der Waals surface area contributed by atoms with E-state index in [0.717, 1.165) is 24.8 Å². The second-order valence-electron chi connectivity index (χ2n) is 5.66. The average Bonchev–Trinajstić information content (AvgIpc) is 2.55. The highest BCUT2D eigenvalue weighted by Gasteiger charge is 2.39. The fraction of sp³-hybridized carbons (Fsp3) is 0.471. The van der Waals surface area contributed by atoms with Crippen LogP contribution in [0.3, 0.4) is 0 Å². The Morgan fingerprint density at radius 1 is 1.32 bits per heavy atom. The first kappa shape index (κ1) is 16.0. The van der Waals surface area contributed by atoms with Crippen molar-refractivity contribution in [1.29, 1.82) is 5.26 Å². The zero-order valence-corrected chi connectivity index (χ0v) is 12.7. The van der Waals surface area contributed by atoms with E-state index in [-0.39, 0.29) is 18.3 Å². The van der Waals surface area contributed by atoms with Crippen LogP contribution in [0, 0.1) is 16.7 Å². The van der Waals surface area contributed by atoms with Crippen molar-refractivity contribution in [3.05, 3.63) is 29.8 Å². The van der Waals surface area contributed by atoms with Crippen molar-refractivity contribution in [3.63, 3.8) is 0 Å². The van der Waals surface area contributed by atoms with Gasteiger partial charge in [0.05, 0.1) is 19.6 Å². The molecule has 0 atom stereocenters. The van der Waals surface area contributed by atoms with Crippen molar-refractivity contribution in [3.8, 4) is 6.07 Å². The number of amides is 1. The van der Waals surface area contributed by atoms with Gasteiger partial charge in [-0.15, -0.1) is 0 Å². The fourth-order valence-electron chi connectivity index (χ4n) is 2.79. The second-order valence-corrected chi connectivity index (χ2v) is 5.66. The average molecular weight is 300 g/mol. The van der Waals surface area contributed by atoms with Gasteiger partial charge in [0.1, 0.15) is 5.41 Å². The number of nitrogens with one attached hydrogen (secondary N) is 1. The maximum atomic E-state index is 12.5. The number of anilines is 1. The van der Waals surface area contributed by atoms with Crippen LogP contribution in [0.1, 0.15) is 37.7 Å². The Kier molecular flexibility index (Phi) is 5.16. The minimum Gasteiger partial charge on any atom is -0.469 e. The number of ether oxygens (including phenoxy) is 1. The molecule has 5 heteroatoms. The van der Waals surface area contributed by atoms with E-state index >= 15 is 0 Å². The number of nitrogens with zero attached hydrogens (tertiary/aromatic N) is 1.